The van der Waals surface area contributed by atoms with Gasteiger partial charge in [0.15, 0.2) is 0 Å². The molecule has 124 valence electrons. The molecular weight excluding hydrogens is 390 g/mol. The van der Waals surface area contributed by atoms with Gasteiger partial charge in [-0.15, -0.1) is 0 Å². The monoisotopic (exact) mass is 393 g/mol. The predicted molar refractivity (Wildman–Crippen MR) is 74.7 cm³/mol. The number of benzene rings is 1. The average Bonchev–Trinajstić information content (AvgIpc) is 2.40. The van der Waals surface area contributed by atoms with E-state index in [4.69, 9.17) is 34.8 Å². The topological polar surface area (TPSA) is 12.9 Å². The van der Waals surface area contributed by atoms with Crippen LogP contribution in [0.15, 0.2) is 24.5 Å². The predicted octanol–water partition coefficient (Wildman–Crippen LogP) is 6.75. The fraction of sp³-hybridized carbons (Fsp3) is 0.154. The van der Waals surface area contributed by atoms with E-state index in [0.717, 1.165) is 12.1 Å². The third kappa shape index (κ3) is 3.67. The van der Waals surface area contributed by atoms with Gasteiger partial charge in [0.2, 0.25) is 0 Å². The molecule has 0 aliphatic carbocycles. The van der Waals surface area contributed by atoms with Gasteiger partial charge in [-0.1, -0.05) is 34.8 Å². The van der Waals surface area contributed by atoms with Gasteiger partial charge < -0.3 is 0 Å². The van der Waals surface area contributed by atoms with E-state index in [1.807, 2.05) is 0 Å². The first kappa shape index (κ1) is 18.2. The summed E-state index contributed by atoms with van der Waals surface area (Å²) in [5, 5.41) is -0.734. The van der Waals surface area contributed by atoms with Crippen molar-refractivity contribution in [2.75, 3.05) is 0 Å². The normalized spacial score (nSPS) is 12.6. The summed E-state index contributed by atoms with van der Waals surface area (Å²) in [4.78, 5) is 3.03. The Bertz CT molecular complexity index is 722. The van der Waals surface area contributed by atoms with Gasteiger partial charge in [0.1, 0.15) is 0 Å². The van der Waals surface area contributed by atoms with Crippen LogP contribution in [0.5, 0.6) is 0 Å². The number of nitrogens with zero attached hydrogens (tertiary/aromatic N) is 1. The minimum Gasteiger partial charge on any atom is -0.263 e. The molecular formula is C13H4Cl3F6N. The fourth-order valence-corrected chi connectivity index (χ4v) is 2.54. The van der Waals surface area contributed by atoms with Crippen LogP contribution < -0.4 is 0 Å². The van der Waals surface area contributed by atoms with E-state index in [0.29, 0.717) is 12.4 Å². The van der Waals surface area contributed by atoms with Crippen molar-refractivity contribution in [3.05, 3.63) is 50.7 Å². The minimum atomic E-state index is -5.07. The minimum absolute atomic E-state index is 0.100. The molecule has 0 spiro atoms. The van der Waals surface area contributed by atoms with Gasteiger partial charge in [-0.2, -0.15) is 26.3 Å². The summed E-state index contributed by atoms with van der Waals surface area (Å²) in [7, 11) is 0. The van der Waals surface area contributed by atoms with Gasteiger partial charge in [0.05, 0.1) is 26.2 Å². The molecule has 0 atom stereocenters. The molecule has 1 aromatic heterocycles. The van der Waals surface area contributed by atoms with Crippen molar-refractivity contribution in [1.82, 2.24) is 4.98 Å². The van der Waals surface area contributed by atoms with E-state index in [-0.39, 0.29) is 10.0 Å². The molecule has 2 rings (SSSR count). The third-order valence-corrected chi connectivity index (χ3v) is 3.87. The van der Waals surface area contributed by atoms with Crippen LogP contribution in [0, 0.1) is 0 Å². The van der Waals surface area contributed by atoms with Crippen LogP contribution in [0.4, 0.5) is 26.3 Å². The Morgan fingerprint density at radius 1 is 0.696 bits per heavy atom. The Labute approximate surface area is 140 Å². The van der Waals surface area contributed by atoms with Crippen LogP contribution in [0.1, 0.15) is 11.1 Å². The van der Waals surface area contributed by atoms with Crippen molar-refractivity contribution >= 4 is 34.8 Å². The molecule has 1 nitrogen and oxygen atoms in total. The Balaban J connectivity index is 2.92. The highest BCUT2D eigenvalue weighted by Crippen LogP contribution is 2.46. The van der Waals surface area contributed by atoms with Crippen molar-refractivity contribution in [3.63, 3.8) is 0 Å². The van der Waals surface area contributed by atoms with Crippen molar-refractivity contribution in [2.24, 2.45) is 0 Å². The maximum absolute atomic E-state index is 13.1. The first-order valence-electron chi connectivity index (χ1n) is 5.70. The number of aromatic nitrogens is 1. The van der Waals surface area contributed by atoms with Crippen LogP contribution in [0.25, 0.3) is 11.1 Å². The summed E-state index contributed by atoms with van der Waals surface area (Å²) in [6.45, 7) is 0. The van der Waals surface area contributed by atoms with Gasteiger partial charge in [0, 0.05) is 23.5 Å². The molecule has 0 aliphatic rings. The Morgan fingerprint density at radius 3 is 1.57 bits per heavy atom. The first-order chi connectivity index (χ1) is 10.4. The van der Waals surface area contributed by atoms with Crippen molar-refractivity contribution in [3.8, 4) is 11.1 Å². The summed E-state index contributed by atoms with van der Waals surface area (Å²) < 4.78 is 78.6. The zero-order valence-electron chi connectivity index (χ0n) is 10.7. The summed E-state index contributed by atoms with van der Waals surface area (Å²) >= 11 is 17.1. The molecule has 0 aliphatic heterocycles. The Hall–Kier alpha value is -1.18. The molecule has 2 aromatic rings. The van der Waals surface area contributed by atoms with E-state index >= 15 is 0 Å². The summed E-state index contributed by atoms with van der Waals surface area (Å²) in [6.07, 6.45) is -9.55. The Morgan fingerprint density at radius 2 is 1.13 bits per heavy atom. The fourth-order valence-electron chi connectivity index (χ4n) is 1.89. The van der Waals surface area contributed by atoms with E-state index in [9.17, 15) is 26.3 Å². The van der Waals surface area contributed by atoms with Crippen LogP contribution >= 0.6 is 34.8 Å². The SMILES string of the molecule is FC(F)(F)c1cncc(C(F)(F)F)c1-c1cc(Cl)c(Cl)cc1Cl. The van der Waals surface area contributed by atoms with Gasteiger partial charge in [0.25, 0.3) is 0 Å². The number of halogens is 9. The number of alkyl halides is 6. The molecule has 0 fully saturated rings. The number of hydrogen-bond acceptors (Lipinski definition) is 1. The van der Waals surface area contributed by atoms with Gasteiger partial charge in [-0.3, -0.25) is 4.98 Å². The number of rotatable bonds is 1. The van der Waals surface area contributed by atoms with Crippen LogP contribution in [-0.4, -0.2) is 4.98 Å². The smallest absolute Gasteiger partial charge is 0.263 e. The maximum Gasteiger partial charge on any atom is 0.418 e. The first-order valence-corrected chi connectivity index (χ1v) is 6.83. The largest absolute Gasteiger partial charge is 0.418 e. The zero-order chi connectivity index (χ0) is 17.6. The lowest BCUT2D eigenvalue weighted by Gasteiger charge is -2.19. The molecule has 0 bridgehead atoms. The van der Waals surface area contributed by atoms with Gasteiger partial charge in [-0.25, -0.2) is 0 Å². The van der Waals surface area contributed by atoms with Crippen molar-refractivity contribution in [2.45, 2.75) is 12.4 Å². The number of pyridine rings is 1. The summed E-state index contributed by atoms with van der Waals surface area (Å²) in [5.74, 6) is 0. The number of hydrogen-bond donors (Lipinski definition) is 0. The summed E-state index contributed by atoms with van der Waals surface area (Å²) in [5.41, 5.74) is -4.84. The molecule has 1 heterocycles. The second kappa shape index (κ2) is 6.03. The third-order valence-electron chi connectivity index (χ3n) is 2.84. The lowest BCUT2D eigenvalue weighted by molar-refractivity contribution is -0.142. The van der Waals surface area contributed by atoms with E-state index in [1.54, 1.807) is 0 Å². The quantitative estimate of drug-likeness (QED) is 0.385. The highest BCUT2D eigenvalue weighted by atomic mass is 35.5. The van der Waals surface area contributed by atoms with E-state index in [1.165, 1.54) is 0 Å². The van der Waals surface area contributed by atoms with Crippen molar-refractivity contribution in [1.29, 1.82) is 0 Å². The molecule has 0 saturated heterocycles. The van der Waals surface area contributed by atoms with E-state index < -0.39 is 39.6 Å². The van der Waals surface area contributed by atoms with E-state index in [2.05, 4.69) is 4.98 Å². The molecule has 0 unspecified atom stereocenters. The molecule has 1 aromatic carbocycles. The van der Waals surface area contributed by atoms with Crippen molar-refractivity contribution < 1.29 is 26.3 Å². The standard InChI is InChI=1S/C13H4Cl3F6N/c14-8-2-10(16)9(15)1-5(8)11-6(12(17,18)19)3-23-4-7(11)13(20,21)22/h1-4H. The molecule has 23 heavy (non-hydrogen) atoms. The van der Waals surface area contributed by atoms with Crippen LogP contribution in [0.2, 0.25) is 15.1 Å². The Kier molecular flexibility index (Phi) is 4.76. The molecule has 0 radical (unpaired) electrons. The lowest BCUT2D eigenvalue weighted by atomic mass is 9.96. The molecule has 10 heteroatoms. The molecule has 0 saturated carbocycles. The second-order valence-electron chi connectivity index (χ2n) is 4.35. The second-order valence-corrected chi connectivity index (χ2v) is 5.57. The highest BCUT2D eigenvalue weighted by Gasteiger charge is 2.42. The van der Waals surface area contributed by atoms with Gasteiger partial charge in [-0.05, 0) is 12.1 Å². The van der Waals surface area contributed by atoms with Gasteiger partial charge >= 0.3 is 12.4 Å². The maximum atomic E-state index is 13.1. The lowest BCUT2D eigenvalue weighted by Crippen LogP contribution is -2.15. The van der Waals surface area contributed by atoms with Crippen LogP contribution in [0.3, 0.4) is 0 Å². The zero-order valence-corrected chi connectivity index (χ0v) is 12.9. The molecule has 0 amide bonds. The highest BCUT2D eigenvalue weighted by molar-refractivity contribution is 6.44. The van der Waals surface area contributed by atoms with Crippen LogP contribution in [-0.2, 0) is 12.4 Å². The molecule has 0 N–H and O–H groups in total. The average molecular weight is 395 g/mol. The summed E-state index contributed by atoms with van der Waals surface area (Å²) in [6, 6.07) is 1.83.